The second-order valence-corrected chi connectivity index (χ2v) is 6.34. The number of nitrogens with zero attached hydrogens (tertiary/aromatic N) is 1. The Hall–Kier alpha value is -2.29. The summed E-state index contributed by atoms with van der Waals surface area (Å²) in [5.41, 5.74) is 8.68. The fourth-order valence-electron chi connectivity index (χ4n) is 2.74. The average molecular weight is 482 g/mol. The van der Waals surface area contributed by atoms with Gasteiger partial charge in [0.2, 0.25) is 0 Å². The molecule has 2 aromatic carbocycles. The predicted octanol–water partition coefficient (Wildman–Crippen LogP) is 4.68. The summed E-state index contributed by atoms with van der Waals surface area (Å²) in [5, 5.41) is 4.07. The quantitative estimate of drug-likeness (QED) is 0.271. The highest BCUT2D eigenvalue weighted by molar-refractivity contribution is 14.0. The van der Waals surface area contributed by atoms with Crippen molar-refractivity contribution in [2.24, 2.45) is 10.7 Å². The largest absolute Gasteiger partial charge is 0.491 e. The van der Waals surface area contributed by atoms with Crippen LogP contribution in [0, 0.1) is 5.82 Å². The Kier molecular flexibility index (Phi) is 7.46. The van der Waals surface area contributed by atoms with Crippen LogP contribution in [0.4, 0.5) is 10.1 Å². The van der Waals surface area contributed by atoms with Crippen molar-refractivity contribution in [3.05, 3.63) is 60.0 Å². The molecule has 0 saturated heterocycles. The number of rotatable bonds is 6. The molecule has 7 heteroatoms. The number of aromatic amines is 1. The Labute approximate surface area is 175 Å². The number of nitrogens with one attached hydrogen (secondary N) is 2. The van der Waals surface area contributed by atoms with Crippen molar-refractivity contribution in [2.45, 2.75) is 26.4 Å². The van der Waals surface area contributed by atoms with Crippen molar-refractivity contribution in [3.8, 4) is 5.75 Å². The van der Waals surface area contributed by atoms with Crippen LogP contribution in [0.1, 0.15) is 19.4 Å². The molecule has 1 heterocycles. The first-order chi connectivity index (χ1) is 12.5. The topological polar surface area (TPSA) is 75.4 Å². The van der Waals surface area contributed by atoms with E-state index in [1.54, 1.807) is 6.07 Å². The number of benzene rings is 2. The number of fused-ring (bicyclic) bond motifs is 1. The minimum atomic E-state index is -0.248. The van der Waals surface area contributed by atoms with Gasteiger partial charge in [-0.15, -0.1) is 24.0 Å². The number of hydrogen-bond donors (Lipinski definition) is 3. The van der Waals surface area contributed by atoms with E-state index in [1.807, 2.05) is 44.3 Å². The van der Waals surface area contributed by atoms with Crippen molar-refractivity contribution in [2.75, 3.05) is 11.9 Å². The number of anilines is 1. The third kappa shape index (κ3) is 5.85. The number of H-pyrrole nitrogens is 1. The van der Waals surface area contributed by atoms with Gasteiger partial charge in [0.05, 0.1) is 6.10 Å². The van der Waals surface area contributed by atoms with Crippen LogP contribution in [0.5, 0.6) is 5.75 Å². The lowest BCUT2D eigenvalue weighted by atomic mass is 10.1. The molecule has 3 rings (SSSR count). The first-order valence-corrected chi connectivity index (χ1v) is 8.60. The van der Waals surface area contributed by atoms with Crippen LogP contribution in [0.15, 0.2) is 53.7 Å². The molecule has 4 N–H and O–H groups in total. The SMILES string of the molecule is CC(C)Oc1ccc(NC(N)=NCCc2c[nH]c3cc(F)ccc23)cc1.I. The molecule has 0 aliphatic rings. The fraction of sp³-hybridized carbons (Fsp3) is 0.250. The van der Waals surface area contributed by atoms with Gasteiger partial charge in [-0.25, -0.2) is 4.39 Å². The maximum atomic E-state index is 13.2. The lowest BCUT2D eigenvalue weighted by Crippen LogP contribution is -2.23. The number of aliphatic imine (C=N–C) groups is 1. The average Bonchev–Trinajstić information content (AvgIpc) is 2.98. The number of nitrogens with two attached hydrogens (primary N) is 1. The number of ether oxygens (including phenoxy) is 1. The Morgan fingerprint density at radius 2 is 1.96 bits per heavy atom. The molecule has 0 amide bonds. The number of aromatic nitrogens is 1. The van der Waals surface area contributed by atoms with E-state index in [-0.39, 0.29) is 35.9 Å². The van der Waals surface area contributed by atoms with Gasteiger partial charge in [0, 0.05) is 29.3 Å². The summed E-state index contributed by atoms with van der Waals surface area (Å²) in [6, 6.07) is 12.3. The maximum Gasteiger partial charge on any atom is 0.193 e. The van der Waals surface area contributed by atoms with Gasteiger partial charge in [0.25, 0.3) is 0 Å². The molecular weight excluding hydrogens is 458 g/mol. The standard InChI is InChI=1S/C20H23FN4O.HI/c1-13(2)26-17-6-4-16(5-7-17)25-20(22)23-10-9-14-12-24-19-11-15(21)3-8-18(14)19;/h3-8,11-13,24H,9-10H2,1-2H3,(H3,22,23,25);1H. The zero-order valence-electron chi connectivity index (χ0n) is 15.3. The van der Waals surface area contributed by atoms with Gasteiger partial charge in [-0.05, 0) is 68.3 Å². The van der Waals surface area contributed by atoms with Gasteiger partial charge in [-0.1, -0.05) is 0 Å². The minimum absolute atomic E-state index is 0. The van der Waals surface area contributed by atoms with Crippen LogP contribution in [0.3, 0.4) is 0 Å². The zero-order chi connectivity index (χ0) is 18.5. The predicted molar refractivity (Wildman–Crippen MR) is 120 cm³/mol. The summed E-state index contributed by atoms with van der Waals surface area (Å²) in [7, 11) is 0. The van der Waals surface area contributed by atoms with E-state index >= 15 is 0 Å². The first-order valence-electron chi connectivity index (χ1n) is 8.60. The molecule has 5 nitrogen and oxygen atoms in total. The molecule has 3 aromatic rings. The molecule has 0 aliphatic heterocycles. The van der Waals surface area contributed by atoms with Gasteiger partial charge in [-0.3, -0.25) is 4.99 Å². The zero-order valence-corrected chi connectivity index (χ0v) is 17.7. The van der Waals surface area contributed by atoms with E-state index in [0.717, 1.165) is 34.3 Å². The number of halogens is 2. The summed E-state index contributed by atoms with van der Waals surface area (Å²) < 4.78 is 18.8. The van der Waals surface area contributed by atoms with E-state index in [2.05, 4.69) is 15.3 Å². The van der Waals surface area contributed by atoms with Gasteiger partial charge >= 0.3 is 0 Å². The Morgan fingerprint density at radius 1 is 1.22 bits per heavy atom. The van der Waals surface area contributed by atoms with E-state index in [4.69, 9.17) is 10.5 Å². The van der Waals surface area contributed by atoms with Crippen molar-refractivity contribution in [3.63, 3.8) is 0 Å². The van der Waals surface area contributed by atoms with Crippen molar-refractivity contribution < 1.29 is 9.13 Å². The molecule has 0 saturated carbocycles. The van der Waals surface area contributed by atoms with Crippen LogP contribution in [-0.4, -0.2) is 23.6 Å². The van der Waals surface area contributed by atoms with Crippen molar-refractivity contribution >= 4 is 46.5 Å². The summed E-state index contributed by atoms with van der Waals surface area (Å²) in [5.74, 6) is 0.924. The normalized spacial score (nSPS) is 11.5. The Bertz CT molecular complexity index is 906. The summed E-state index contributed by atoms with van der Waals surface area (Å²) in [4.78, 5) is 7.43. The van der Waals surface area contributed by atoms with Gasteiger partial charge < -0.3 is 20.8 Å². The Balaban J connectivity index is 0.00000261. The molecule has 0 unspecified atom stereocenters. The van der Waals surface area contributed by atoms with E-state index in [9.17, 15) is 4.39 Å². The van der Waals surface area contributed by atoms with Gasteiger partial charge in [0.15, 0.2) is 5.96 Å². The third-order valence-corrected chi connectivity index (χ3v) is 3.89. The van der Waals surface area contributed by atoms with Crippen LogP contribution in [0.2, 0.25) is 0 Å². The molecular formula is C20H24FIN4O. The van der Waals surface area contributed by atoms with Crippen molar-refractivity contribution in [1.82, 2.24) is 4.98 Å². The second kappa shape index (κ2) is 9.59. The first kappa shape index (κ1) is 21.0. The summed E-state index contributed by atoms with van der Waals surface area (Å²) in [6.07, 6.45) is 2.74. The molecule has 27 heavy (non-hydrogen) atoms. The van der Waals surface area contributed by atoms with Crippen LogP contribution in [0.25, 0.3) is 10.9 Å². The monoisotopic (exact) mass is 482 g/mol. The van der Waals surface area contributed by atoms with E-state index < -0.39 is 0 Å². The minimum Gasteiger partial charge on any atom is -0.491 e. The highest BCUT2D eigenvalue weighted by Gasteiger charge is 2.04. The van der Waals surface area contributed by atoms with Crippen LogP contribution < -0.4 is 15.8 Å². The summed E-state index contributed by atoms with van der Waals surface area (Å²) >= 11 is 0. The molecule has 0 atom stereocenters. The smallest absolute Gasteiger partial charge is 0.193 e. The number of guanidine groups is 1. The lowest BCUT2D eigenvalue weighted by Gasteiger charge is -2.10. The van der Waals surface area contributed by atoms with E-state index in [1.165, 1.54) is 12.1 Å². The molecule has 1 aromatic heterocycles. The second-order valence-electron chi connectivity index (χ2n) is 6.34. The Morgan fingerprint density at radius 3 is 2.67 bits per heavy atom. The lowest BCUT2D eigenvalue weighted by molar-refractivity contribution is 0.242. The molecule has 0 aliphatic carbocycles. The van der Waals surface area contributed by atoms with Gasteiger partial charge in [-0.2, -0.15) is 0 Å². The third-order valence-electron chi connectivity index (χ3n) is 3.89. The highest BCUT2D eigenvalue weighted by Crippen LogP contribution is 2.20. The van der Waals surface area contributed by atoms with Gasteiger partial charge in [0.1, 0.15) is 11.6 Å². The van der Waals surface area contributed by atoms with Crippen LogP contribution in [-0.2, 0) is 6.42 Å². The van der Waals surface area contributed by atoms with E-state index in [0.29, 0.717) is 12.5 Å². The molecule has 0 fully saturated rings. The maximum absolute atomic E-state index is 13.2. The number of hydrogen-bond acceptors (Lipinski definition) is 2. The van der Waals surface area contributed by atoms with Crippen molar-refractivity contribution in [1.29, 1.82) is 0 Å². The highest BCUT2D eigenvalue weighted by atomic mass is 127. The molecule has 0 bridgehead atoms. The summed E-state index contributed by atoms with van der Waals surface area (Å²) in [6.45, 7) is 4.51. The molecule has 0 radical (unpaired) electrons. The molecule has 144 valence electrons. The van der Waals surface area contributed by atoms with Crippen LogP contribution >= 0.6 is 24.0 Å². The fourth-order valence-corrected chi connectivity index (χ4v) is 2.74. The molecule has 0 spiro atoms.